The number of aliphatic hydroxyl groups is 1. The Morgan fingerprint density at radius 2 is 2.06 bits per heavy atom. The van der Waals surface area contributed by atoms with Crippen LogP contribution in [0.2, 0.25) is 0 Å². The molecule has 0 bridgehead atoms. The van der Waals surface area contributed by atoms with E-state index in [1.165, 1.54) is 0 Å². The van der Waals surface area contributed by atoms with E-state index in [0.717, 1.165) is 10.0 Å². The highest BCUT2D eigenvalue weighted by atomic mass is 79.9. The zero-order valence-electron chi connectivity index (χ0n) is 8.90. The van der Waals surface area contributed by atoms with Gasteiger partial charge in [-0.3, -0.25) is 4.79 Å². The zero-order chi connectivity index (χ0) is 12.0. The molecule has 1 saturated carbocycles. The van der Waals surface area contributed by atoms with Crippen LogP contribution in [0.3, 0.4) is 0 Å². The summed E-state index contributed by atoms with van der Waals surface area (Å²) < 4.78 is 0.858. The third-order valence-corrected chi connectivity index (χ3v) is 3.65. The van der Waals surface area contributed by atoms with E-state index in [1.54, 1.807) is 13.0 Å². The molecule has 3 nitrogen and oxygen atoms in total. The first kappa shape index (κ1) is 11.6. The van der Waals surface area contributed by atoms with Gasteiger partial charge in [-0.1, -0.05) is 28.1 Å². The second-order valence-electron chi connectivity index (χ2n) is 4.75. The second kappa shape index (κ2) is 3.57. The van der Waals surface area contributed by atoms with Gasteiger partial charge in [0, 0.05) is 4.47 Å². The summed E-state index contributed by atoms with van der Waals surface area (Å²) in [5.41, 5.74) is -1.03. The lowest BCUT2D eigenvalue weighted by atomic mass is 9.57. The number of carbonyl (C=O) groups is 1. The van der Waals surface area contributed by atoms with E-state index in [4.69, 9.17) is 0 Å². The monoisotopic (exact) mass is 284 g/mol. The van der Waals surface area contributed by atoms with Crippen LogP contribution >= 0.6 is 15.9 Å². The third-order valence-electron chi connectivity index (χ3n) is 3.15. The molecule has 4 heteroatoms. The first-order valence-corrected chi connectivity index (χ1v) is 5.87. The Balaban J connectivity index is 2.40. The summed E-state index contributed by atoms with van der Waals surface area (Å²) >= 11 is 3.33. The molecular weight excluding hydrogens is 272 g/mol. The molecule has 0 radical (unpaired) electrons. The molecule has 0 saturated heterocycles. The fraction of sp³-hybridized carbons (Fsp3) is 0.417. The standard InChI is InChI=1S/C12H13BrO3/c1-11(16)6-12(7-11,10(14)15)8-3-2-4-9(13)5-8/h2-5,16H,6-7H2,1H3,(H,14,15)/t11-,12+. The van der Waals surface area contributed by atoms with Crippen LogP contribution in [0.1, 0.15) is 25.3 Å². The van der Waals surface area contributed by atoms with E-state index in [9.17, 15) is 15.0 Å². The number of benzene rings is 1. The Labute approximate surface area is 102 Å². The van der Waals surface area contributed by atoms with E-state index in [-0.39, 0.29) is 12.8 Å². The number of rotatable bonds is 2. The van der Waals surface area contributed by atoms with Gasteiger partial charge in [0.15, 0.2) is 0 Å². The number of hydrogen-bond acceptors (Lipinski definition) is 2. The van der Waals surface area contributed by atoms with Crippen LogP contribution in [0.4, 0.5) is 0 Å². The Bertz CT molecular complexity index is 432. The Morgan fingerprint density at radius 1 is 1.44 bits per heavy atom. The molecule has 0 aliphatic heterocycles. The van der Waals surface area contributed by atoms with Gasteiger partial charge in [0.25, 0.3) is 0 Å². The predicted molar refractivity (Wildman–Crippen MR) is 63.3 cm³/mol. The number of hydrogen-bond donors (Lipinski definition) is 2. The molecule has 16 heavy (non-hydrogen) atoms. The SMILES string of the molecule is C[C@]1(O)C[C@](C(=O)O)(c2cccc(Br)c2)C1. The molecule has 0 heterocycles. The normalized spacial score (nSPS) is 33.2. The average Bonchev–Trinajstić information content (AvgIpc) is 2.13. The summed E-state index contributed by atoms with van der Waals surface area (Å²) in [4.78, 5) is 11.4. The van der Waals surface area contributed by atoms with E-state index in [0.29, 0.717) is 0 Å². The van der Waals surface area contributed by atoms with Gasteiger partial charge in [-0.25, -0.2) is 0 Å². The second-order valence-corrected chi connectivity index (χ2v) is 5.66. The molecule has 2 N–H and O–H groups in total. The molecule has 0 atom stereocenters. The van der Waals surface area contributed by atoms with Crippen molar-refractivity contribution in [2.24, 2.45) is 0 Å². The maximum atomic E-state index is 11.4. The Hall–Kier alpha value is -0.870. The number of carboxylic acids is 1. The molecule has 1 aromatic carbocycles. The maximum Gasteiger partial charge on any atom is 0.314 e. The molecule has 0 unspecified atom stereocenters. The summed E-state index contributed by atoms with van der Waals surface area (Å²) in [6, 6.07) is 7.28. The Morgan fingerprint density at radius 3 is 2.50 bits per heavy atom. The van der Waals surface area contributed by atoms with Gasteiger partial charge in [-0.2, -0.15) is 0 Å². The summed E-state index contributed by atoms with van der Waals surface area (Å²) in [7, 11) is 0. The van der Waals surface area contributed by atoms with Gasteiger partial charge in [-0.15, -0.1) is 0 Å². The summed E-state index contributed by atoms with van der Waals surface area (Å²) in [6.45, 7) is 1.67. The summed E-state index contributed by atoms with van der Waals surface area (Å²) in [6.07, 6.45) is 0.539. The van der Waals surface area contributed by atoms with Gasteiger partial charge in [0.05, 0.1) is 11.0 Å². The number of carboxylic acid groups (broad SMARTS) is 1. The molecule has 0 amide bonds. The first-order chi connectivity index (χ1) is 7.36. The highest BCUT2D eigenvalue weighted by molar-refractivity contribution is 9.10. The van der Waals surface area contributed by atoms with Crippen molar-refractivity contribution in [1.29, 1.82) is 0 Å². The van der Waals surface area contributed by atoms with E-state index in [1.807, 2.05) is 18.2 Å². The zero-order valence-corrected chi connectivity index (χ0v) is 10.5. The third kappa shape index (κ3) is 1.76. The van der Waals surface area contributed by atoms with Gasteiger partial charge < -0.3 is 10.2 Å². The molecule has 1 fully saturated rings. The van der Waals surface area contributed by atoms with Crippen LogP contribution in [-0.2, 0) is 10.2 Å². The van der Waals surface area contributed by atoms with Gasteiger partial charge >= 0.3 is 5.97 Å². The maximum absolute atomic E-state index is 11.4. The van der Waals surface area contributed by atoms with Crippen molar-refractivity contribution in [1.82, 2.24) is 0 Å². The smallest absolute Gasteiger partial charge is 0.314 e. The minimum absolute atomic E-state index is 0.270. The van der Waals surface area contributed by atoms with Crippen molar-refractivity contribution in [3.63, 3.8) is 0 Å². The van der Waals surface area contributed by atoms with E-state index >= 15 is 0 Å². The molecule has 2 rings (SSSR count). The molecule has 1 aliphatic rings. The van der Waals surface area contributed by atoms with Crippen molar-refractivity contribution < 1.29 is 15.0 Å². The number of aliphatic carboxylic acids is 1. The quantitative estimate of drug-likeness (QED) is 0.876. The van der Waals surface area contributed by atoms with Crippen LogP contribution in [0, 0.1) is 0 Å². The van der Waals surface area contributed by atoms with E-state index < -0.39 is 17.0 Å². The lowest BCUT2D eigenvalue weighted by molar-refractivity contribution is -0.162. The average molecular weight is 285 g/mol. The van der Waals surface area contributed by atoms with Crippen molar-refractivity contribution in [2.75, 3.05) is 0 Å². The van der Waals surface area contributed by atoms with Gasteiger partial charge in [-0.05, 0) is 37.5 Å². The lowest BCUT2D eigenvalue weighted by Crippen LogP contribution is -2.57. The van der Waals surface area contributed by atoms with Crippen LogP contribution < -0.4 is 0 Å². The fourth-order valence-corrected chi connectivity index (χ4v) is 2.91. The van der Waals surface area contributed by atoms with Crippen molar-refractivity contribution in [3.8, 4) is 0 Å². The topological polar surface area (TPSA) is 57.5 Å². The molecular formula is C12H13BrO3. The summed E-state index contributed by atoms with van der Waals surface area (Å²) in [5.74, 6) is -0.864. The van der Waals surface area contributed by atoms with Gasteiger partial charge in [0.2, 0.25) is 0 Å². The molecule has 0 aromatic heterocycles. The lowest BCUT2D eigenvalue weighted by Gasteiger charge is -2.49. The fourth-order valence-electron chi connectivity index (χ4n) is 2.51. The van der Waals surface area contributed by atoms with Crippen molar-refractivity contribution in [3.05, 3.63) is 34.3 Å². The summed E-state index contributed by atoms with van der Waals surface area (Å²) in [5, 5.41) is 19.1. The highest BCUT2D eigenvalue weighted by Crippen LogP contribution is 2.50. The highest BCUT2D eigenvalue weighted by Gasteiger charge is 2.57. The van der Waals surface area contributed by atoms with Crippen LogP contribution in [0.5, 0.6) is 0 Å². The largest absolute Gasteiger partial charge is 0.481 e. The number of halogens is 1. The minimum atomic E-state index is -0.923. The van der Waals surface area contributed by atoms with Crippen LogP contribution in [0.15, 0.2) is 28.7 Å². The molecule has 1 aromatic rings. The van der Waals surface area contributed by atoms with Gasteiger partial charge in [0.1, 0.15) is 0 Å². The first-order valence-electron chi connectivity index (χ1n) is 5.08. The van der Waals surface area contributed by atoms with Crippen LogP contribution in [-0.4, -0.2) is 21.8 Å². The van der Waals surface area contributed by atoms with Crippen molar-refractivity contribution >= 4 is 21.9 Å². The Kier molecular flexibility index (Phi) is 2.59. The minimum Gasteiger partial charge on any atom is -0.481 e. The molecule has 1 aliphatic carbocycles. The molecule has 86 valence electrons. The molecule has 0 spiro atoms. The van der Waals surface area contributed by atoms with Crippen LogP contribution in [0.25, 0.3) is 0 Å². The van der Waals surface area contributed by atoms with E-state index in [2.05, 4.69) is 15.9 Å². The van der Waals surface area contributed by atoms with Crippen molar-refractivity contribution in [2.45, 2.75) is 30.8 Å². The predicted octanol–water partition coefficient (Wildman–Crippen LogP) is 2.32.